The van der Waals surface area contributed by atoms with Crippen molar-refractivity contribution >= 4 is 34.1 Å². The molecule has 0 saturated carbocycles. The second kappa shape index (κ2) is 8.76. The maximum atomic E-state index is 12.5. The van der Waals surface area contributed by atoms with Gasteiger partial charge in [0.05, 0.1) is 11.4 Å². The Morgan fingerprint density at radius 2 is 1.83 bits per heavy atom. The molecule has 9 heteroatoms. The first-order valence-electron chi connectivity index (χ1n) is 9.32. The third-order valence-corrected chi connectivity index (χ3v) is 6.24. The van der Waals surface area contributed by atoms with E-state index in [-0.39, 0.29) is 11.7 Å². The number of hydrogen-bond acceptors (Lipinski definition) is 7. The molecule has 0 unspecified atom stereocenters. The highest BCUT2D eigenvalue weighted by Gasteiger charge is 2.16. The summed E-state index contributed by atoms with van der Waals surface area (Å²) in [5.74, 6) is 0.815. The Balaban J connectivity index is 1.44. The highest BCUT2D eigenvalue weighted by Crippen LogP contribution is 2.27. The largest absolute Gasteiger partial charge is 0.300 e. The van der Waals surface area contributed by atoms with Crippen molar-refractivity contribution in [1.29, 1.82) is 0 Å². The standard InChI is InChI=1S/C21H20N6OS2/c1-13-9-10-14(2)17(11-13)27-15(3)23-26-21(27)29-12-18(28)22-20-25-24-19(30-20)16-7-5-4-6-8-16/h4-11H,12H2,1-3H3,(H,22,25,28). The lowest BCUT2D eigenvalue weighted by atomic mass is 10.1. The van der Waals surface area contributed by atoms with E-state index in [4.69, 9.17) is 0 Å². The fourth-order valence-corrected chi connectivity index (χ4v) is 4.49. The van der Waals surface area contributed by atoms with Crippen LogP contribution in [-0.4, -0.2) is 36.6 Å². The molecule has 0 radical (unpaired) electrons. The van der Waals surface area contributed by atoms with Crippen molar-refractivity contribution in [3.8, 4) is 16.3 Å². The van der Waals surface area contributed by atoms with Gasteiger partial charge in [0.2, 0.25) is 11.0 Å². The number of thioether (sulfide) groups is 1. The van der Waals surface area contributed by atoms with Crippen LogP contribution in [0.5, 0.6) is 0 Å². The molecule has 0 spiro atoms. The topological polar surface area (TPSA) is 85.6 Å². The number of carbonyl (C=O) groups is 1. The monoisotopic (exact) mass is 436 g/mol. The number of nitrogens with zero attached hydrogens (tertiary/aromatic N) is 5. The van der Waals surface area contributed by atoms with Crippen LogP contribution >= 0.6 is 23.1 Å². The zero-order valence-electron chi connectivity index (χ0n) is 16.8. The van der Waals surface area contributed by atoms with Gasteiger partial charge in [-0.2, -0.15) is 0 Å². The first-order valence-corrected chi connectivity index (χ1v) is 11.1. The van der Waals surface area contributed by atoms with Gasteiger partial charge in [-0.25, -0.2) is 0 Å². The highest BCUT2D eigenvalue weighted by atomic mass is 32.2. The number of nitrogens with one attached hydrogen (secondary N) is 1. The molecule has 0 aliphatic rings. The molecular formula is C21H20N6OS2. The Morgan fingerprint density at radius 3 is 2.63 bits per heavy atom. The van der Waals surface area contributed by atoms with E-state index in [2.05, 4.69) is 57.8 Å². The Hall–Kier alpha value is -3.04. The van der Waals surface area contributed by atoms with E-state index in [0.717, 1.165) is 33.2 Å². The second-order valence-electron chi connectivity index (χ2n) is 6.77. The van der Waals surface area contributed by atoms with E-state index in [9.17, 15) is 4.79 Å². The van der Waals surface area contributed by atoms with Crippen molar-refractivity contribution < 1.29 is 4.79 Å². The van der Waals surface area contributed by atoms with Crippen molar-refractivity contribution in [3.63, 3.8) is 0 Å². The highest BCUT2D eigenvalue weighted by molar-refractivity contribution is 7.99. The van der Waals surface area contributed by atoms with E-state index in [1.807, 2.05) is 41.8 Å². The van der Waals surface area contributed by atoms with E-state index in [1.54, 1.807) is 0 Å². The minimum atomic E-state index is -0.163. The Morgan fingerprint density at radius 1 is 1.03 bits per heavy atom. The maximum absolute atomic E-state index is 12.5. The summed E-state index contributed by atoms with van der Waals surface area (Å²) in [6.07, 6.45) is 0. The predicted octanol–water partition coefficient (Wildman–Crippen LogP) is 4.44. The van der Waals surface area contributed by atoms with Crippen LogP contribution in [0.3, 0.4) is 0 Å². The van der Waals surface area contributed by atoms with E-state index in [0.29, 0.717) is 10.3 Å². The summed E-state index contributed by atoms with van der Waals surface area (Å²) in [5.41, 5.74) is 4.28. The molecule has 0 saturated heterocycles. The SMILES string of the molecule is Cc1ccc(C)c(-n2c(C)nnc2SCC(=O)Nc2nnc(-c3ccccc3)s2)c1. The van der Waals surface area contributed by atoms with E-state index in [1.165, 1.54) is 23.1 Å². The number of carbonyl (C=O) groups excluding carboxylic acids is 1. The van der Waals surface area contributed by atoms with Crippen molar-refractivity contribution in [2.24, 2.45) is 0 Å². The first-order chi connectivity index (χ1) is 14.5. The zero-order chi connectivity index (χ0) is 21.1. The van der Waals surface area contributed by atoms with Gasteiger partial charge >= 0.3 is 0 Å². The van der Waals surface area contributed by atoms with Crippen LogP contribution in [0.2, 0.25) is 0 Å². The molecule has 2 heterocycles. The first kappa shape index (κ1) is 20.2. The minimum absolute atomic E-state index is 0.163. The minimum Gasteiger partial charge on any atom is -0.300 e. The molecule has 0 aliphatic carbocycles. The number of benzene rings is 2. The van der Waals surface area contributed by atoms with Crippen molar-refractivity contribution in [3.05, 3.63) is 65.5 Å². The normalized spacial score (nSPS) is 10.9. The summed E-state index contributed by atoms with van der Waals surface area (Å²) in [5, 5.41) is 21.4. The van der Waals surface area contributed by atoms with Crippen molar-refractivity contribution in [2.45, 2.75) is 25.9 Å². The Labute approximate surface area is 182 Å². The number of aromatic nitrogens is 5. The third-order valence-electron chi connectivity index (χ3n) is 4.43. The number of aryl methyl sites for hydroxylation is 3. The second-order valence-corrected chi connectivity index (χ2v) is 8.69. The number of hydrogen-bond donors (Lipinski definition) is 1. The molecule has 0 aliphatic heterocycles. The fraction of sp³-hybridized carbons (Fsp3) is 0.190. The van der Waals surface area contributed by atoms with Crippen LogP contribution in [-0.2, 0) is 4.79 Å². The molecule has 0 bridgehead atoms. The van der Waals surface area contributed by atoms with Crippen LogP contribution in [0.15, 0.2) is 53.7 Å². The molecule has 1 amide bonds. The van der Waals surface area contributed by atoms with Gasteiger partial charge < -0.3 is 0 Å². The number of amides is 1. The van der Waals surface area contributed by atoms with Crippen LogP contribution in [0.1, 0.15) is 17.0 Å². The molecule has 2 aromatic carbocycles. The Bertz CT molecular complexity index is 1190. The van der Waals surface area contributed by atoms with Crippen molar-refractivity contribution in [1.82, 2.24) is 25.0 Å². The number of anilines is 1. The lowest BCUT2D eigenvalue weighted by Crippen LogP contribution is -2.14. The number of rotatable bonds is 6. The van der Waals surface area contributed by atoms with Gasteiger partial charge in [0.15, 0.2) is 5.16 Å². The summed E-state index contributed by atoms with van der Waals surface area (Å²) in [6, 6.07) is 16.0. The molecule has 1 N–H and O–H groups in total. The summed E-state index contributed by atoms with van der Waals surface area (Å²) in [4.78, 5) is 12.5. The third kappa shape index (κ3) is 4.42. The van der Waals surface area contributed by atoms with Gasteiger partial charge in [-0.3, -0.25) is 14.7 Å². The molecule has 4 rings (SSSR count). The summed E-state index contributed by atoms with van der Waals surface area (Å²) >= 11 is 2.69. The Kier molecular flexibility index (Phi) is 5.91. The van der Waals surface area contributed by atoms with Gasteiger partial charge in [0.25, 0.3) is 0 Å². The summed E-state index contributed by atoms with van der Waals surface area (Å²) in [7, 11) is 0. The van der Waals surface area contributed by atoms with Crippen LogP contribution < -0.4 is 5.32 Å². The fourth-order valence-electron chi connectivity index (χ4n) is 2.93. The summed E-state index contributed by atoms with van der Waals surface area (Å²) < 4.78 is 1.98. The van der Waals surface area contributed by atoms with E-state index < -0.39 is 0 Å². The molecular weight excluding hydrogens is 416 g/mol. The van der Waals surface area contributed by atoms with Crippen molar-refractivity contribution in [2.75, 3.05) is 11.1 Å². The average molecular weight is 437 g/mol. The molecule has 7 nitrogen and oxygen atoms in total. The lowest BCUT2D eigenvalue weighted by Gasteiger charge is -2.12. The lowest BCUT2D eigenvalue weighted by molar-refractivity contribution is -0.113. The van der Waals surface area contributed by atoms with Gasteiger partial charge in [-0.15, -0.1) is 20.4 Å². The molecule has 4 aromatic rings. The predicted molar refractivity (Wildman–Crippen MR) is 120 cm³/mol. The molecule has 0 atom stereocenters. The quantitative estimate of drug-likeness (QED) is 0.450. The zero-order valence-corrected chi connectivity index (χ0v) is 18.4. The van der Waals surface area contributed by atoms with Crippen LogP contribution in [0.25, 0.3) is 16.3 Å². The molecule has 0 fully saturated rings. The van der Waals surface area contributed by atoms with Gasteiger partial charge in [0, 0.05) is 5.56 Å². The van der Waals surface area contributed by atoms with E-state index >= 15 is 0 Å². The average Bonchev–Trinajstić information content (AvgIpc) is 3.35. The van der Waals surface area contributed by atoms with Crippen LogP contribution in [0.4, 0.5) is 5.13 Å². The smallest absolute Gasteiger partial charge is 0.236 e. The molecule has 152 valence electrons. The summed E-state index contributed by atoms with van der Waals surface area (Å²) in [6.45, 7) is 6.01. The van der Waals surface area contributed by atoms with Gasteiger partial charge in [0.1, 0.15) is 10.8 Å². The van der Waals surface area contributed by atoms with Crippen LogP contribution in [0, 0.1) is 20.8 Å². The maximum Gasteiger partial charge on any atom is 0.236 e. The molecule has 30 heavy (non-hydrogen) atoms. The van der Waals surface area contributed by atoms with Gasteiger partial charge in [-0.05, 0) is 38.0 Å². The molecule has 2 aromatic heterocycles. The van der Waals surface area contributed by atoms with Gasteiger partial charge in [-0.1, -0.05) is 65.6 Å².